The van der Waals surface area contributed by atoms with Crippen molar-refractivity contribution in [2.75, 3.05) is 5.32 Å². The van der Waals surface area contributed by atoms with Gasteiger partial charge < -0.3 is 10.4 Å². The van der Waals surface area contributed by atoms with Gasteiger partial charge in [0.2, 0.25) is 0 Å². The van der Waals surface area contributed by atoms with Gasteiger partial charge in [-0.1, -0.05) is 12.1 Å². The molecule has 25 heavy (non-hydrogen) atoms. The molecule has 6 heteroatoms. The quantitative estimate of drug-likeness (QED) is 0.494. The molecule has 0 aliphatic heterocycles. The van der Waals surface area contributed by atoms with Crippen LogP contribution < -0.4 is 5.32 Å². The fourth-order valence-electron chi connectivity index (χ4n) is 2.67. The summed E-state index contributed by atoms with van der Waals surface area (Å²) in [6.45, 7) is 1.93. The first-order chi connectivity index (χ1) is 12.2. The Hall–Kier alpha value is -3.54. The number of aryl methyl sites for hydroxylation is 1. The average molecular weight is 331 g/mol. The fourth-order valence-corrected chi connectivity index (χ4v) is 2.67. The minimum Gasteiger partial charge on any atom is -0.508 e. The van der Waals surface area contributed by atoms with Crippen LogP contribution in [0.1, 0.15) is 5.56 Å². The van der Waals surface area contributed by atoms with Gasteiger partial charge in [-0.25, -0.2) is 4.68 Å². The highest BCUT2D eigenvalue weighted by Crippen LogP contribution is 2.26. The standard InChI is InChI=1S/C19H17N5O/c1-13-11-16(25)7-8-17(13)21-19-12-18(22-23-19)14-3-5-15(6-4-14)24-10-2-9-20-24/h2-12,25H,1H3,(H2,21,22,23). The summed E-state index contributed by atoms with van der Waals surface area (Å²) in [6.07, 6.45) is 3.67. The molecule has 124 valence electrons. The maximum atomic E-state index is 9.49. The molecule has 2 aromatic heterocycles. The highest BCUT2D eigenvalue weighted by molar-refractivity contribution is 5.68. The third kappa shape index (κ3) is 3.10. The number of phenols is 1. The first-order valence-electron chi connectivity index (χ1n) is 7.91. The molecule has 0 amide bonds. The van der Waals surface area contributed by atoms with Gasteiger partial charge in [-0.3, -0.25) is 5.10 Å². The van der Waals surface area contributed by atoms with E-state index in [2.05, 4.69) is 20.6 Å². The predicted octanol–water partition coefficient (Wildman–Crippen LogP) is 4.02. The molecule has 0 aliphatic carbocycles. The van der Waals surface area contributed by atoms with E-state index in [0.717, 1.165) is 34.0 Å². The van der Waals surface area contributed by atoms with Crippen LogP contribution in [0, 0.1) is 6.92 Å². The van der Waals surface area contributed by atoms with Crippen LogP contribution in [0.25, 0.3) is 16.9 Å². The van der Waals surface area contributed by atoms with Crippen molar-refractivity contribution in [2.45, 2.75) is 6.92 Å². The van der Waals surface area contributed by atoms with Crippen LogP contribution >= 0.6 is 0 Å². The molecule has 0 fully saturated rings. The van der Waals surface area contributed by atoms with Crippen molar-refractivity contribution < 1.29 is 5.11 Å². The lowest BCUT2D eigenvalue weighted by Crippen LogP contribution is -1.93. The molecule has 0 saturated heterocycles. The molecule has 3 N–H and O–H groups in total. The summed E-state index contributed by atoms with van der Waals surface area (Å²) in [7, 11) is 0. The van der Waals surface area contributed by atoms with E-state index in [9.17, 15) is 5.11 Å². The lowest BCUT2D eigenvalue weighted by Gasteiger charge is -2.06. The van der Waals surface area contributed by atoms with Crippen LogP contribution in [-0.2, 0) is 0 Å². The molecule has 0 radical (unpaired) electrons. The Morgan fingerprint density at radius 1 is 1.08 bits per heavy atom. The molecule has 0 unspecified atom stereocenters. The minimum absolute atomic E-state index is 0.253. The molecule has 4 rings (SSSR count). The summed E-state index contributed by atoms with van der Waals surface area (Å²) in [6, 6.07) is 17.1. The van der Waals surface area contributed by atoms with E-state index in [4.69, 9.17) is 0 Å². The second-order valence-electron chi connectivity index (χ2n) is 5.79. The van der Waals surface area contributed by atoms with Crippen LogP contribution in [0.2, 0.25) is 0 Å². The fraction of sp³-hybridized carbons (Fsp3) is 0.0526. The minimum atomic E-state index is 0.253. The zero-order chi connectivity index (χ0) is 17.2. The van der Waals surface area contributed by atoms with Crippen LogP contribution in [0.4, 0.5) is 11.5 Å². The summed E-state index contributed by atoms with van der Waals surface area (Å²) in [5, 5.41) is 24.3. The van der Waals surface area contributed by atoms with Crippen molar-refractivity contribution in [2.24, 2.45) is 0 Å². The van der Waals surface area contributed by atoms with Crippen molar-refractivity contribution in [3.8, 4) is 22.7 Å². The first kappa shape index (κ1) is 15.0. The highest BCUT2D eigenvalue weighted by Gasteiger charge is 2.06. The maximum Gasteiger partial charge on any atom is 0.152 e. The molecular weight excluding hydrogens is 314 g/mol. The van der Waals surface area contributed by atoms with Gasteiger partial charge in [0.1, 0.15) is 5.75 Å². The number of rotatable bonds is 4. The number of aromatic nitrogens is 4. The van der Waals surface area contributed by atoms with Gasteiger partial charge in [0, 0.05) is 24.1 Å². The lowest BCUT2D eigenvalue weighted by molar-refractivity contribution is 0.475. The number of hydrogen-bond donors (Lipinski definition) is 3. The normalized spacial score (nSPS) is 10.8. The zero-order valence-corrected chi connectivity index (χ0v) is 13.6. The Labute approximate surface area is 144 Å². The molecule has 0 saturated carbocycles. The number of benzene rings is 2. The Morgan fingerprint density at radius 3 is 2.64 bits per heavy atom. The number of nitrogens with one attached hydrogen (secondary N) is 2. The number of aromatic amines is 1. The largest absolute Gasteiger partial charge is 0.508 e. The number of phenolic OH excluding ortho intramolecular Hbond substituents is 1. The maximum absolute atomic E-state index is 9.49. The van der Waals surface area contributed by atoms with Gasteiger partial charge in [0.15, 0.2) is 5.82 Å². The van der Waals surface area contributed by atoms with Crippen molar-refractivity contribution in [1.29, 1.82) is 0 Å². The Balaban J connectivity index is 1.54. The molecule has 0 bridgehead atoms. The zero-order valence-electron chi connectivity index (χ0n) is 13.6. The Kier molecular flexibility index (Phi) is 3.70. The van der Waals surface area contributed by atoms with Gasteiger partial charge in [-0.15, -0.1) is 0 Å². The number of H-pyrrole nitrogens is 1. The van der Waals surface area contributed by atoms with Gasteiger partial charge in [-0.2, -0.15) is 10.2 Å². The smallest absolute Gasteiger partial charge is 0.152 e. The van der Waals surface area contributed by atoms with E-state index in [1.807, 2.05) is 60.3 Å². The van der Waals surface area contributed by atoms with E-state index in [0.29, 0.717) is 0 Å². The first-order valence-corrected chi connectivity index (χ1v) is 7.91. The summed E-state index contributed by atoms with van der Waals surface area (Å²) >= 11 is 0. The van der Waals surface area contributed by atoms with Crippen LogP contribution in [0.15, 0.2) is 67.0 Å². The van der Waals surface area contributed by atoms with Crippen LogP contribution in [0.5, 0.6) is 5.75 Å². The topological polar surface area (TPSA) is 78.8 Å². The van der Waals surface area contributed by atoms with E-state index in [1.165, 1.54) is 0 Å². The van der Waals surface area contributed by atoms with Crippen molar-refractivity contribution in [3.05, 3.63) is 72.6 Å². The summed E-state index contributed by atoms with van der Waals surface area (Å²) in [4.78, 5) is 0. The molecule has 0 aliphatic rings. The third-order valence-corrected chi connectivity index (χ3v) is 4.00. The molecular formula is C19H17N5O. The Morgan fingerprint density at radius 2 is 1.92 bits per heavy atom. The number of anilines is 2. The van der Waals surface area contributed by atoms with Gasteiger partial charge in [-0.05, 0) is 54.4 Å². The average Bonchev–Trinajstić information content (AvgIpc) is 3.30. The second kappa shape index (κ2) is 6.16. The lowest BCUT2D eigenvalue weighted by atomic mass is 10.1. The van der Waals surface area contributed by atoms with Gasteiger partial charge in [0.25, 0.3) is 0 Å². The molecule has 6 nitrogen and oxygen atoms in total. The summed E-state index contributed by atoms with van der Waals surface area (Å²) in [5.41, 5.74) is 4.83. The molecule has 0 spiro atoms. The van der Waals surface area contributed by atoms with Crippen molar-refractivity contribution in [1.82, 2.24) is 20.0 Å². The third-order valence-electron chi connectivity index (χ3n) is 4.00. The van der Waals surface area contributed by atoms with Crippen LogP contribution in [0.3, 0.4) is 0 Å². The molecule has 2 heterocycles. The molecule has 2 aromatic carbocycles. The van der Waals surface area contributed by atoms with E-state index in [-0.39, 0.29) is 5.75 Å². The summed E-state index contributed by atoms with van der Waals surface area (Å²) < 4.78 is 1.82. The van der Waals surface area contributed by atoms with Crippen molar-refractivity contribution >= 4 is 11.5 Å². The number of aromatic hydroxyl groups is 1. The highest BCUT2D eigenvalue weighted by atomic mass is 16.3. The van der Waals surface area contributed by atoms with Crippen LogP contribution in [-0.4, -0.2) is 25.1 Å². The summed E-state index contributed by atoms with van der Waals surface area (Å²) in [5.74, 6) is 0.975. The van der Waals surface area contributed by atoms with Gasteiger partial charge >= 0.3 is 0 Å². The number of hydrogen-bond acceptors (Lipinski definition) is 4. The SMILES string of the molecule is Cc1cc(O)ccc1Nc1cc(-c2ccc(-n3cccn3)cc2)[nH]n1. The monoisotopic (exact) mass is 331 g/mol. The Bertz CT molecular complexity index is 987. The molecule has 4 aromatic rings. The van der Waals surface area contributed by atoms with E-state index < -0.39 is 0 Å². The van der Waals surface area contributed by atoms with Gasteiger partial charge in [0.05, 0.1) is 11.4 Å². The van der Waals surface area contributed by atoms with E-state index in [1.54, 1.807) is 18.3 Å². The second-order valence-corrected chi connectivity index (χ2v) is 5.79. The van der Waals surface area contributed by atoms with E-state index >= 15 is 0 Å². The molecule has 0 atom stereocenters. The number of nitrogens with zero attached hydrogens (tertiary/aromatic N) is 3. The predicted molar refractivity (Wildman–Crippen MR) is 97.3 cm³/mol. The van der Waals surface area contributed by atoms with Crippen molar-refractivity contribution in [3.63, 3.8) is 0 Å².